The Balaban J connectivity index is 1.99. The molecule has 2 aromatic rings. The number of aryl methyl sites for hydroxylation is 1. The van der Waals surface area contributed by atoms with E-state index in [1.165, 1.54) is 23.5 Å². The van der Waals surface area contributed by atoms with Gasteiger partial charge in [-0.15, -0.1) is 0 Å². The molecule has 0 saturated heterocycles. The van der Waals surface area contributed by atoms with Crippen molar-refractivity contribution < 1.29 is 31.5 Å². The lowest BCUT2D eigenvalue weighted by atomic mass is 10.0. The van der Waals surface area contributed by atoms with Gasteiger partial charge in [-0.05, 0) is 44.2 Å². The Labute approximate surface area is 219 Å². The highest BCUT2D eigenvalue weighted by molar-refractivity contribution is 7.92. The summed E-state index contributed by atoms with van der Waals surface area (Å²) in [7, 11) is -5.86. The summed E-state index contributed by atoms with van der Waals surface area (Å²) < 4.78 is 59.9. The molecule has 204 valence electrons. The summed E-state index contributed by atoms with van der Waals surface area (Å²) in [5.74, 6) is -0.187. The summed E-state index contributed by atoms with van der Waals surface area (Å²) >= 11 is 0. The molecule has 37 heavy (non-hydrogen) atoms. The Morgan fingerprint density at radius 2 is 1.81 bits per heavy atom. The van der Waals surface area contributed by atoms with Gasteiger partial charge >= 0.3 is 0 Å². The van der Waals surface area contributed by atoms with Crippen molar-refractivity contribution in [1.82, 2.24) is 9.21 Å². The van der Waals surface area contributed by atoms with Crippen LogP contribution in [0.4, 0.5) is 5.69 Å². The van der Waals surface area contributed by atoms with Gasteiger partial charge in [-0.3, -0.25) is 9.52 Å². The third kappa shape index (κ3) is 7.22. The van der Waals surface area contributed by atoms with Crippen molar-refractivity contribution in [3.05, 3.63) is 53.6 Å². The summed E-state index contributed by atoms with van der Waals surface area (Å²) in [6.07, 6.45) is 0.316. The number of rotatable bonds is 8. The van der Waals surface area contributed by atoms with Crippen LogP contribution in [0.3, 0.4) is 0 Å². The van der Waals surface area contributed by atoms with Crippen molar-refractivity contribution in [3.8, 4) is 5.75 Å². The molecule has 0 aliphatic carbocycles. The largest absolute Gasteiger partial charge is 0.488 e. The number of likely N-dealkylation sites (N-methyl/N-ethyl adjacent to an activating group) is 1. The maximum absolute atomic E-state index is 13.2. The minimum absolute atomic E-state index is 0.00962. The molecule has 3 rings (SSSR count). The molecular weight excluding hydrogens is 518 g/mol. The van der Waals surface area contributed by atoms with E-state index in [4.69, 9.17) is 4.74 Å². The summed E-state index contributed by atoms with van der Waals surface area (Å²) in [4.78, 5) is 15.0. The maximum Gasteiger partial charge on any atom is 0.242 e. The second-order valence-corrected chi connectivity index (χ2v) is 13.5. The van der Waals surface area contributed by atoms with Gasteiger partial charge in [-0.25, -0.2) is 16.8 Å². The van der Waals surface area contributed by atoms with Crippen molar-refractivity contribution in [2.75, 3.05) is 37.7 Å². The fraction of sp³-hybridized carbons (Fsp3) is 0.480. The van der Waals surface area contributed by atoms with Gasteiger partial charge in [0.2, 0.25) is 26.0 Å². The van der Waals surface area contributed by atoms with Crippen LogP contribution in [0.5, 0.6) is 5.75 Å². The van der Waals surface area contributed by atoms with Crippen molar-refractivity contribution in [1.29, 1.82) is 0 Å². The van der Waals surface area contributed by atoms with Crippen LogP contribution in [0.1, 0.15) is 25.0 Å². The Hall–Kier alpha value is -2.67. The minimum Gasteiger partial charge on any atom is -0.488 e. The number of sulfonamides is 2. The smallest absolute Gasteiger partial charge is 0.242 e. The van der Waals surface area contributed by atoms with Crippen LogP contribution >= 0.6 is 0 Å². The second-order valence-electron chi connectivity index (χ2n) is 9.68. The Kier molecular flexibility index (Phi) is 8.89. The van der Waals surface area contributed by atoms with E-state index in [-0.39, 0.29) is 48.5 Å². The summed E-state index contributed by atoms with van der Waals surface area (Å²) in [6, 6.07) is 10.8. The lowest BCUT2D eigenvalue weighted by molar-refractivity contribution is -0.134. The van der Waals surface area contributed by atoms with Gasteiger partial charge in [-0.2, -0.15) is 4.31 Å². The number of hydrogen-bond donors (Lipinski definition) is 2. The average molecular weight is 554 g/mol. The van der Waals surface area contributed by atoms with Gasteiger partial charge in [0.1, 0.15) is 11.9 Å². The number of carbonyl (C=O) groups excluding carboxylic acids is 1. The van der Waals surface area contributed by atoms with Gasteiger partial charge in [0, 0.05) is 30.8 Å². The number of aliphatic hydroxyl groups is 1. The topological polar surface area (TPSA) is 133 Å². The number of nitrogens with one attached hydrogen (secondary N) is 1. The lowest BCUT2D eigenvalue weighted by Crippen LogP contribution is -2.48. The predicted molar refractivity (Wildman–Crippen MR) is 141 cm³/mol. The first-order valence-electron chi connectivity index (χ1n) is 11.9. The molecule has 0 bridgehead atoms. The fourth-order valence-corrected chi connectivity index (χ4v) is 5.90. The molecule has 1 aliphatic rings. The van der Waals surface area contributed by atoms with Gasteiger partial charge in [0.25, 0.3) is 0 Å². The third-order valence-corrected chi connectivity index (χ3v) is 8.83. The molecule has 0 saturated carbocycles. The Morgan fingerprint density at radius 1 is 1.16 bits per heavy atom. The first kappa shape index (κ1) is 28.9. The highest BCUT2D eigenvalue weighted by Crippen LogP contribution is 2.30. The molecule has 1 aliphatic heterocycles. The van der Waals surface area contributed by atoms with E-state index in [1.807, 2.05) is 13.8 Å². The van der Waals surface area contributed by atoms with Crippen LogP contribution in [0.2, 0.25) is 0 Å². The molecule has 0 unspecified atom stereocenters. The van der Waals surface area contributed by atoms with Crippen LogP contribution in [0.25, 0.3) is 0 Å². The SMILES string of the molecule is Cc1ccc(S(=O)(=O)N(C)C[C@@H]2Oc3ccc(NS(C)(=O)=O)cc3CC(=O)N([C@H](C)CO)C[C@@H]2C)cc1. The first-order valence-corrected chi connectivity index (χ1v) is 15.2. The van der Waals surface area contributed by atoms with E-state index >= 15 is 0 Å². The highest BCUT2D eigenvalue weighted by Gasteiger charge is 2.33. The molecule has 1 heterocycles. The Bertz CT molecular complexity index is 1330. The van der Waals surface area contributed by atoms with Gasteiger partial charge in [0.15, 0.2) is 0 Å². The number of nitrogens with zero attached hydrogens (tertiary/aromatic N) is 2. The molecule has 0 aromatic heterocycles. The molecule has 0 fully saturated rings. The number of hydrogen-bond acceptors (Lipinski definition) is 7. The van der Waals surface area contributed by atoms with E-state index in [2.05, 4.69) is 4.72 Å². The zero-order valence-electron chi connectivity index (χ0n) is 21.7. The number of carbonyl (C=O) groups is 1. The maximum atomic E-state index is 13.2. The standard InChI is InChI=1S/C25H35N3O7S2/c1-17-6-9-22(10-7-17)37(33,34)27(4)15-24-18(2)14-28(19(3)16-29)25(30)13-20-12-21(26-36(5,31)32)8-11-23(20)35-24/h6-12,18-19,24,26,29H,13-16H2,1-5H3/t18-,19+,24-/m0/s1. The monoisotopic (exact) mass is 553 g/mol. The Morgan fingerprint density at radius 3 is 2.41 bits per heavy atom. The number of anilines is 1. The van der Waals surface area contributed by atoms with Gasteiger partial charge in [0.05, 0.1) is 36.8 Å². The molecule has 1 amide bonds. The van der Waals surface area contributed by atoms with Crippen LogP contribution in [-0.4, -0.2) is 82.2 Å². The van der Waals surface area contributed by atoms with E-state index in [0.717, 1.165) is 11.8 Å². The van der Waals surface area contributed by atoms with Crippen LogP contribution < -0.4 is 9.46 Å². The van der Waals surface area contributed by atoms with E-state index in [0.29, 0.717) is 11.3 Å². The normalized spacial score (nSPS) is 19.9. The van der Waals surface area contributed by atoms with Gasteiger partial charge < -0.3 is 14.7 Å². The molecule has 2 N–H and O–H groups in total. The highest BCUT2D eigenvalue weighted by atomic mass is 32.2. The molecule has 0 radical (unpaired) electrons. The van der Waals surface area contributed by atoms with Crippen LogP contribution in [0, 0.1) is 12.8 Å². The zero-order valence-corrected chi connectivity index (χ0v) is 23.3. The van der Waals surface area contributed by atoms with Crippen LogP contribution in [-0.2, 0) is 31.3 Å². The number of fused-ring (bicyclic) bond motifs is 1. The molecular formula is C25H35N3O7S2. The second kappa shape index (κ2) is 11.4. The number of amides is 1. The average Bonchev–Trinajstić information content (AvgIpc) is 2.85. The molecule has 10 nitrogen and oxygen atoms in total. The van der Waals surface area contributed by atoms with Crippen molar-refractivity contribution in [3.63, 3.8) is 0 Å². The van der Waals surface area contributed by atoms with Crippen molar-refractivity contribution in [2.24, 2.45) is 5.92 Å². The first-order chi connectivity index (χ1) is 17.2. The molecule has 0 spiro atoms. The molecule has 2 aromatic carbocycles. The zero-order chi connectivity index (χ0) is 27.5. The fourth-order valence-electron chi connectivity index (χ4n) is 4.17. The summed E-state index contributed by atoms with van der Waals surface area (Å²) in [6.45, 7) is 5.48. The molecule has 12 heteroatoms. The third-order valence-electron chi connectivity index (χ3n) is 6.39. The number of ether oxygens (including phenoxy) is 1. The van der Waals surface area contributed by atoms with Crippen LogP contribution in [0.15, 0.2) is 47.4 Å². The summed E-state index contributed by atoms with van der Waals surface area (Å²) in [5.41, 5.74) is 1.68. The minimum atomic E-state index is -3.80. The van der Waals surface area contributed by atoms with E-state index < -0.39 is 32.2 Å². The predicted octanol–water partition coefficient (Wildman–Crippen LogP) is 1.84. The van der Waals surface area contributed by atoms with Crippen molar-refractivity contribution >= 4 is 31.6 Å². The molecule has 3 atom stereocenters. The van der Waals surface area contributed by atoms with E-state index in [9.17, 15) is 26.7 Å². The van der Waals surface area contributed by atoms with Gasteiger partial charge in [-0.1, -0.05) is 24.6 Å². The van der Waals surface area contributed by atoms with E-state index in [1.54, 1.807) is 42.2 Å². The quantitative estimate of drug-likeness (QED) is 0.510. The number of benzene rings is 2. The number of aliphatic hydroxyl groups excluding tert-OH is 1. The summed E-state index contributed by atoms with van der Waals surface area (Å²) in [5, 5.41) is 9.76. The van der Waals surface area contributed by atoms with Crippen molar-refractivity contribution in [2.45, 2.75) is 44.2 Å². The lowest BCUT2D eigenvalue weighted by Gasteiger charge is -2.33.